The Hall–Kier alpha value is -12.8. The molecule has 6 fully saturated rings. The van der Waals surface area contributed by atoms with Crippen molar-refractivity contribution in [3.63, 3.8) is 0 Å². The number of pyridine rings is 2. The van der Waals surface area contributed by atoms with Gasteiger partial charge in [0.15, 0.2) is 0 Å². The minimum Gasteiger partial charge on any atom is -0.489 e. The summed E-state index contributed by atoms with van der Waals surface area (Å²) in [6, 6.07) is 32.6. The van der Waals surface area contributed by atoms with E-state index in [4.69, 9.17) is 24.1 Å². The number of aliphatic hydroxyl groups is 1. The Kier molecular flexibility index (Phi) is 34.5. The Morgan fingerprint density at radius 2 is 0.979 bits per heavy atom. The number of nitrogens with one attached hydrogen (secondary N) is 1. The molecule has 2 unspecified atom stereocenters. The standard InChI is InChI=1S/C35H37F6N5O6S.C35H42F3N3O5S.C30H26F7N3O3/c1-2-6-27-33(52-22-19-28(53-21-22)35(39,40)41,12-5-14-46(27)31(50)23-20-42-13-11-24(23)34(36,37)38)32(51)45-17-15-44(16-18-45)26-8-4-3-7-25(26)43-29(47)9-10-30(48)49;1-3-10-30-34(46-26-23-31(47-24-26)35(36,37)38,15-9-16-41(30)32(43)27-12-6-5-11-25(27)4-2)33(44)40-19-17-39(18-20-40)28-13-7-8-14-29(28)45-22-21-42;31-22-6-2-19(3-7-22)20-11-15-39(17-20)27(42)28(43-23-8-4-21(5-9-23)29(32,33)34)12-1-14-40(18-28)26(41)24-16-38-13-10-25(24)30(35,36)37/h3-4,7-8,11,13,19-21,27H,2,5-6,9-10,12,14-18H2,1H3,(H,43,47)(H,48,49);5-8,11-14,23-24,30,42H,3-4,9-10,15-22H2,1-2H3;2-10,13,16,20H,1,11-12,14-15,17-18H2/t27-,33+;30-,34+;/m11./s1. The number of aliphatic hydroxyl groups excluding tert-OH is 1. The van der Waals surface area contributed by atoms with Gasteiger partial charge in [0.05, 0.1) is 76.5 Å². The highest BCUT2D eigenvalue weighted by molar-refractivity contribution is 7.10. The second-order valence-corrected chi connectivity index (χ2v) is 37.1. The summed E-state index contributed by atoms with van der Waals surface area (Å²) in [7, 11) is 0. The van der Waals surface area contributed by atoms with Gasteiger partial charge in [-0.05, 0) is 141 Å². The van der Waals surface area contributed by atoms with Crippen LogP contribution in [-0.4, -0.2) is 231 Å². The molecule has 6 atom stereocenters. The summed E-state index contributed by atoms with van der Waals surface area (Å²) in [6.45, 7) is 8.57. The first kappa shape index (κ1) is 107. The van der Waals surface area contributed by atoms with Crippen molar-refractivity contribution in [1.29, 1.82) is 0 Å². The van der Waals surface area contributed by atoms with Gasteiger partial charge in [-0.1, -0.05) is 88.2 Å². The van der Waals surface area contributed by atoms with E-state index in [-0.39, 0.29) is 152 Å². The number of carboxylic acids is 1. The first-order valence-electron chi connectivity index (χ1n) is 46.6. The van der Waals surface area contributed by atoms with Crippen LogP contribution in [0.25, 0.3) is 0 Å². The van der Waals surface area contributed by atoms with Crippen molar-refractivity contribution in [1.82, 2.24) is 39.4 Å². The normalized spacial score (nSPS) is 20.3. The van der Waals surface area contributed by atoms with E-state index in [9.17, 15) is 114 Å². The van der Waals surface area contributed by atoms with E-state index in [1.54, 1.807) is 59.2 Å². The first-order valence-corrected chi connectivity index (χ1v) is 48.3. The van der Waals surface area contributed by atoms with Crippen LogP contribution in [0.1, 0.15) is 179 Å². The highest BCUT2D eigenvalue weighted by Gasteiger charge is 2.59. The fraction of sp³-hybridized carbons (Fsp3) is 0.440. The van der Waals surface area contributed by atoms with E-state index >= 15 is 0 Å². The highest BCUT2D eigenvalue weighted by Crippen LogP contribution is 2.48. The van der Waals surface area contributed by atoms with Crippen LogP contribution in [-0.2, 0) is 61.3 Å². The smallest absolute Gasteiger partial charge is 0.425 e. The minimum absolute atomic E-state index is 0.0198. The number of thiophene rings is 2. The number of anilines is 3. The average molecular weight is 2050 g/mol. The number of carbonyl (C=O) groups is 8. The number of benzene rings is 5. The number of piperidine rings is 3. The maximum absolute atomic E-state index is 14.8. The number of rotatable bonds is 27. The number of piperazine rings is 2. The second kappa shape index (κ2) is 45.9. The Bertz CT molecular complexity index is 5940. The molecule has 0 aliphatic carbocycles. The fourth-order valence-corrected chi connectivity index (χ4v) is 20.6. The van der Waals surface area contributed by atoms with Crippen molar-refractivity contribution in [2.24, 2.45) is 0 Å². The van der Waals surface area contributed by atoms with Crippen molar-refractivity contribution in [2.75, 3.05) is 120 Å². The van der Waals surface area contributed by atoms with Gasteiger partial charge in [-0.15, -0.1) is 22.7 Å². The van der Waals surface area contributed by atoms with Crippen LogP contribution in [0.2, 0.25) is 0 Å². The number of likely N-dealkylation sites (tertiary alicyclic amines) is 4. The lowest BCUT2D eigenvalue weighted by atomic mass is 9.79. The number of aromatic nitrogens is 2. The first-order chi connectivity index (χ1) is 67.9. The highest BCUT2D eigenvalue weighted by atomic mass is 32.1. The van der Waals surface area contributed by atoms with Gasteiger partial charge in [0, 0.05) is 164 Å². The number of hydrogen-bond acceptors (Lipinski definition) is 19. The zero-order valence-electron chi connectivity index (χ0n) is 77.9. The number of aryl methyl sites for hydroxylation is 1. The topological polar surface area (TPSA) is 278 Å². The molecular formula is C100H105F16N11O14S2. The Balaban J connectivity index is 0.000000181. The van der Waals surface area contributed by atoms with Gasteiger partial charge < -0.3 is 73.7 Å². The lowest BCUT2D eigenvalue weighted by molar-refractivity contribution is -0.160. The molecule has 15 rings (SSSR count). The molecule has 0 spiro atoms. The molecule has 0 radical (unpaired) electrons. The molecule has 3 N–H and O–H groups in total. The van der Waals surface area contributed by atoms with E-state index < -0.39 is 145 Å². The predicted octanol–water partition coefficient (Wildman–Crippen LogP) is 19.2. The summed E-state index contributed by atoms with van der Waals surface area (Å²) in [4.78, 5) is 127. The van der Waals surface area contributed by atoms with Gasteiger partial charge in [0.2, 0.25) is 22.7 Å². The Labute approximate surface area is 820 Å². The summed E-state index contributed by atoms with van der Waals surface area (Å²) in [5.74, 6) is -5.58. The van der Waals surface area contributed by atoms with Crippen LogP contribution in [0.4, 0.5) is 87.3 Å². The molecule has 7 amide bonds. The summed E-state index contributed by atoms with van der Waals surface area (Å²) in [5, 5.41) is 23.3. The van der Waals surface area contributed by atoms with Crippen molar-refractivity contribution in [3.8, 4) is 23.0 Å². The van der Waals surface area contributed by atoms with E-state index in [1.165, 1.54) is 27.3 Å². The number of ether oxygens (including phenoxy) is 4. The number of carbonyl (C=O) groups excluding carboxylic acids is 7. The van der Waals surface area contributed by atoms with Crippen molar-refractivity contribution in [2.45, 2.75) is 176 Å². The van der Waals surface area contributed by atoms with Gasteiger partial charge in [0.25, 0.3) is 35.4 Å². The van der Waals surface area contributed by atoms with Crippen LogP contribution < -0.4 is 34.1 Å². The summed E-state index contributed by atoms with van der Waals surface area (Å²) in [6.07, 6.45) is -16.9. The van der Waals surface area contributed by atoms with Crippen molar-refractivity contribution in [3.05, 3.63) is 241 Å². The number of alkyl halides is 15. The van der Waals surface area contributed by atoms with Gasteiger partial charge >= 0.3 is 36.9 Å². The van der Waals surface area contributed by atoms with Crippen LogP contribution in [0.15, 0.2) is 181 Å². The van der Waals surface area contributed by atoms with Gasteiger partial charge in [0.1, 0.15) is 45.2 Å². The number of nitrogens with zero attached hydrogens (tertiary/aromatic N) is 10. The van der Waals surface area contributed by atoms with Crippen LogP contribution >= 0.6 is 22.7 Å². The molecule has 25 nitrogen and oxygen atoms in total. The molecule has 5 aromatic carbocycles. The van der Waals surface area contributed by atoms with Crippen molar-refractivity contribution < 1.29 is 138 Å². The minimum atomic E-state index is -4.89. The van der Waals surface area contributed by atoms with Gasteiger partial charge in [-0.2, -0.15) is 65.9 Å². The predicted molar refractivity (Wildman–Crippen MR) is 496 cm³/mol. The molecule has 10 heterocycles. The molecule has 6 aliphatic rings. The SMILES string of the molecule is CCC[C@H]1N(C(=O)c2ccccc2CC)CCC[C@@]1(Oc1csc(C(F)(F)F)c1)C(=O)N1CCN(c2ccccc2OCCO)CC1.CCC[C@H]1N(C(=O)c2cnccc2C(F)(F)F)CCC[C@@]1(Oc1csc(C(F)(F)F)c1)C(=O)N1CCN(c2ccccc2NC(=O)CCC(=O)O)CC1.O=C(c1cnccc1C(F)(F)F)N1CCCC(Oc2ccc(C(F)(F)F)cc2)(C(=O)N2CCC(c3ccc(F)cc3)C2)C1. The maximum atomic E-state index is 14.8. The summed E-state index contributed by atoms with van der Waals surface area (Å²) < 4.78 is 242. The van der Waals surface area contributed by atoms with Crippen molar-refractivity contribution >= 4 is 87.1 Å². The van der Waals surface area contributed by atoms with E-state index in [0.717, 1.165) is 93.2 Å². The fourth-order valence-electron chi connectivity index (χ4n) is 19.2. The number of carboxylic acid groups (broad SMARTS) is 1. The molecule has 43 heteroatoms. The Morgan fingerprint density at radius 1 is 0.483 bits per heavy atom. The lowest BCUT2D eigenvalue weighted by Crippen LogP contribution is -2.69. The van der Waals surface area contributed by atoms with Gasteiger partial charge in [-0.25, -0.2) is 4.39 Å². The third kappa shape index (κ3) is 25.3. The number of halogens is 16. The van der Waals surface area contributed by atoms with Crippen LogP contribution in [0.5, 0.6) is 23.0 Å². The van der Waals surface area contributed by atoms with Gasteiger partial charge in [-0.3, -0.25) is 48.3 Å². The van der Waals surface area contributed by atoms with E-state index in [0.29, 0.717) is 129 Å². The molecule has 143 heavy (non-hydrogen) atoms. The second-order valence-electron chi connectivity index (χ2n) is 35.2. The molecule has 4 aromatic heterocycles. The Morgan fingerprint density at radius 3 is 1.48 bits per heavy atom. The molecule has 6 aliphatic heterocycles. The molecule has 9 aromatic rings. The molecule has 768 valence electrons. The number of hydrogen-bond donors (Lipinski definition) is 3. The van der Waals surface area contributed by atoms with Crippen LogP contribution in [0, 0.1) is 5.82 Å². The number of para-hydroxylation sites is 4. The molecule has 6 saturated heterocycles. The molecule has 0 saturated carbocycles. The molecular weight excluding hydrogens is 1950 g/mol. The summed E-state index contributed by atoms with van der Waals surface area (Å²) in [5.41, 5.74) is -5.88. The molecule has 0 bridgehead atoms. The zero-order valence-corrected chi connectivity index (χ0v) is 79.5. The summed E-state index contributed by atoms with van der Waals surface area (Å²) >= 11 is 0.897. The van der Waals surface area contributed by atoms with E-state index in [2.05, 4.69) is 20.2 Å². The third-order valence-electron chi connectivity index (χ3n) is 26.0. The maximum Gasteiger partial charge on any atom is 0.425 e. The quantitative estimate of drug-likeness (QED) is 0.0403. The van der Waals surface area contributed by atoms with Crippen LogP contribution in [0.3, 0.4) is 0 Å². The zero-order chi connectivity index (χ0) is 103. The number of amides is 7. The van der Waals surface area contributed by atoms with E-state index in [1.807, 2.05) is 61.2 Å². The third-order valence-corrected chi connectivity index (χ3v) is 27.9. The number of aliphatic carboxylic acids is 1. The monoisotopic (exact) mass is 2050 g/mol. The lowest BCUT2D eigenvalue weighted by Gasteiger charge is -2.51. The average Bonchev–Trinajstić information content (AvgIpc) is 1.25. The largest absolute Gasteiger partial charge is 0.489 e.